The first-order chi connectivity index (χ1) is 18.2. The average molecular weight is 548 g/mol. The van der Waals surface area contributed by atoms with Crippen molar-refractivity contribution in [2.45, 2.75) is 39.0 Å². The predicted octanol–water partition coefficient (Wildman–Crippen LogP) is 4.37. The zero-order chi connectivity index (χ0) is 29.1. The Morgan fingerprint density at radius 3 is 2.54 bits per heavy atom. The Hall–Kier alpha value is -4.42. The molecule has 210 valence electrons. The summed E-state index contributed by atoms with van der Waals surface area (Å²) < 4.78 is 46.2. The third kappa shape index (κ3) is 6.72. The van der Waals surface area contributed by atoms with Crippen LogP contribution in [0.2, 0.25) is 0 Å². The first-order valence-electron chi connectivity index (χ1n) is 11.8. The minimum absolute atomic E-state index is 0.0758. The average Bonchev–Trinajstić information content (AvgIpc) is 3.17. The van der Waals surface area contributed by atoms with Gasteiger partial charge >= 0.3 is 12.1 Å². The summed E-state index contributed by atoms with van der Waals surface area (Å²) in [5.41, 5.74) is 6.21. The van der Waals surface area contributed by atoms with Gasteiger partial charge in [-0.15, -0.1) is 5.10 Å². The van der Waals surface area contributed by atoms with Gasteiger partial charge in [-0.2, -0.15) is 0 Å². The monoisotopic (exact) mass is 547 g/mol. The summed E-state index contributed by atoms with van der Waals surface area (Å²) in [5, 5.41) is 13.8. The molecule has 2 heterocycles. The molecule has 0 radical (unpaired) electrons. The molecule has 0 fully saturated rings. The van der Waals surface area contributed by atoms with Crippen LogP contribution in [0.15, 0.2) is 30.5 Å². The summed E-state index contributed by atoms with van der Waals surface area (Å²) in [5.74, 6) is -2.10. The molecule has 2 aromatic heterocycles. The minimum Gasteiger partial charge on any atom is -0.479 e. The van der Waals surface area contributed by atoms with Gasteiger partial charge in [0.05, 0.1) is 30.5 Å². The molecule has 1 aromatic carbocycles. The van der Waals surface area contributed by atoms with Crippen LogP contribution in [0, 0.1) is 5.82 Å². The fourth-order valence-corrected chi connectivity index (χ4v) is 3.79. The topological polar surface area (TPSA) is 142 Å². The van der Waals surface area contributed by atoms with E-state index in [1.54, 1.807) is 34.9 Å². The number of aromatic carboxylic acids is 1. The Kier molecular flexibility index (Phi) is 8.62. The van der Waals surface area contributed by atoms with Gasteiger partial charge in [-0.1, -0.05) is 0 Å². The van der Waals surface area contributed by atoms with E-state index < -0.39 is 36.3 Å². The van der Waals surface area contributed by atoms with E-state index in [0.717, 1.165) is 18.2 Å². The van der Waals surface area contributed by atoms with Gasteiger partial charge in [0.15, 0.2) is 17.7 Å². The van der Waals surface area contributed by atoms with Crippen LogP contribution >= 0.6 is 0 Å². The molecule has 3 N–H and O–H groups in total. The van der Waals surface area contributed by atoms with Crippen molar-refractivity contribution in [3.63, 3.8) is 0 Å². The Morgan fingerprint density at radius 2 is 1.95 bits per heavy atom. The molecule has 0 aliphatic rings. The van der Waals surface area contributed by atoms with Crippen molar-refractivity contribution in [2.75, 3.05) is 26.6 Å². The maximum atomic E-state index is 14.1. The first kappa shape index (κ1) is 29.1. The van der Waals surface area contributed by atoms with Gasteiger partial charge in [0, 0.05) is 31.4 Å². The largest absolute Gasteiger partial charge is 0.479 e. The summed E-state index contributed by atoms with van der Waals surface area (Å²) in [6, 6.07) is 4.35. The number of carboxylic acids is 1. The van der Waals surface area contributed by atoms with Crippen molar-refractivity contribution in [3.8, 4) is 22.8 Å². The van der Waals surface area contributed by atoms with Crippen LogP contribution in [-0.4, -0.2) is 63.3 Å². The zero-order valence-electron chi connectivity index (χ0n) is 22.5. The Labute approximate surface area is 224 Å². The fourth-order valence-electron chi connectivity index (χ4n) is 3.79. The normalized spacial score (nSPS) is 12.1. The SMILES string of the molecule is COc1nn(C)c(CN(C)C(=O)OC(C)(C)C)c1-c1cnc(N)c(OC(CF)c2cc(F)ccc2C(=O)O)c1. The van der Waals surface area contributed by atoms with E-state index in [-0.39, 0.29) is 35.1 Å². The number of rotatable bonds is 9. The molecular formula is C26H31F2N5O6. The number of nitrogen functional groups attached to an aromatic ring is 1. The number of ether oxygens (including phenoxy) is 3. The van der Waals surface area contributed by atoms with E-state index in [2.05, 4.69) is 10.1 Å². The molecule has 1 amide bonds. The molecule has 0 saturated carbocycles. The van der Waals surface area contributed by atoms with Crippen LogP contribution in [0.3, 0.4) is 0 Å². The molecule has 39 heavy (non-hydrogen) atoms. The van der Waals surface area contributed by atoms with Crippen LogP contribution < -0.4 is 15.2 Å². The summed E-state index contributed by atoms with van der Waals surface area (Å²) in [7, 11) is 4.66. The number of aromatic nitrogens is 3. The molecule has 0 aliphatic heterocycles. The number of nitrogens with zero attached hydrogens (tertiary/aromatic N) is 4. The Morgan fingerprint density at radius 1 is 1.26 bits per heavy atom. The lowest BCUT2D eigenvalue weighted by Gasteiger charge is -2.25. The highest BCUT2D eigenvalue weighted by molar-refractivity contribution is 5.89. The number of alkyl halides is 1. The number of pyridine rings is 1. The molecule has 0 bridgehead atoms. The highest BCUT2D eigenvalue weighted by Gasteiger charge is 2.27. The smallest absolute Gasteiger partial charge is 0.410 e. The fraction of sp³-hybridized carbons (Fsp3) is 0.385. The van der Waals surface area contributed by atoms with Gasteiger partial charge in [-0.3, -0.25) is 4.68 Å². The van der Waals surface area contributed by atoms with Crippen LogP contribution in [0.4, 0.5) is 19.4 Å². The van der Waals surface area contributed by atoms with Crippen molar-refractivity contribution >= 4 is 17.9 Å². The van der Waals surface area contributed by atoms with Crippen molar-refractivity contribution in [2.24, 2.45) is 7.05 Å². The number of benzene rings is 1. The quantitative estimate of drug-likeness (QED) is 0.399. The molecule has 13 heteroatoms. The number of carboxylic acid groups (broad SMARTS) is 1. The molecule has 0 spiro atoms. The van der Waals surface area contributed by atoms with Gasteiger partial charge in [-0.25, -0.2) is 23.4 Å². The van der Waals surface area contributed by atoms with E-state index >= 15 is 0 Å². The molecule has 0 saturated heterocycles. The van der Waals surface area contributed by atoms with E-state index in [1.165, 1.54) is 29.0 Å². The molecule has 1 atom stereocenters. The maximum Gasteiger partial charge on any atom is 0.410 e. The number of methoxy groups -OCH3 is 1. The number of hydrogen-bond donors (Lipinski definition) is 2. The number of carbonyl (C=O) groups excluding carboxylic acids is 1. The van der Waals surface area contributed by atoms with Gasteiger partial charge in [0.25, 0.3) is 0 Å². The lowest BCUT2D eigenvalue weighted by atomic mass is 10.0. The summed E-state index contributed by atoms with van der Waals surface area (Å²) in [4.78, 5) is 29.7. The zero-order valence-corrected chi connectivity index (χ0v) is 22.5. The molecule has 11 nitrogen and oxygen atoms in total. The van der Waals surface area contributed by atoms with Crippen LogP contribution in [0.25, 0.3) is 11.1 Å². The number of aryl methyl sites for hydroxylation is 1. The molecular weight excluding hydrogens is 516 g/mol. The summed E-state index contributed by atoms with van der Waals surface area (Å²) in [6.45, 7) is 4.18. The van der Waals surface area contributed by atoms with E-state index in [1.807, 2.05) is 0 Å². The number of carbonyl (C=O) groups is 2. The molecule has 3 aromatic rings. The molecule has 0 aliphatic carbocycles. The third-order valence-electron chi connectivity index (χ3n) is 5.59. The van der Waals surface area contributed by atoms with Crippen LogP contribution in [0.5, 0.6) is 11.6 Å². The number of hydrogen-bond acceptors (Lipinski definition) is 8. The lowest BCUT2D eigenvalue weighted by Crippen LogP contribution is -2.34. The van der Waals surface area contributed by atoms with Crippen molar-refractivity contribution in [1.82, 2.24) is 19.7 Å². The van der Waals surface area contributed by atoms with Crippen molar-refractivity contribution in [3.05, 3.63) is 53.1 Å². The lowest BCUT2D eigenvalue weighted by molar-refractivity contribution is 0.0281. The second-order valence-corrected chi connectivity index (χ2v) is 9.70. The third-order valence-corrected chi connectivity index (χ3v) is 5.59. The molecule has 3 rings (SSSR count). The van der Waals surface area contributed by atoms with Gasteiger partial charge in [-0.05, 0) is 45.0 Å². The maximum absolute atomic E-state index is 14.1. The van der Waals surface area contributed by atoms with Gasteiger partial charge in [0.2, 0.25) is 5.88 Å². The van der Waals surface area contributed by atoms with E-state index in [9.17, 15) is 23.5 Å². The van der Waals surface area contributed by atoms with Crippen molar-refractivity contribution in [1.29, 1.82) is 0 Å². The second kappa shape index (κ2) is 11.5. The standard InChI is InChI=1S/C26H31F2N5O6/c1-26(2,3)39-25(36)32(4)13-18-21(23(37-6)31-33(18)5)14-9-19(22(29)30-12-14)38-20(11-27)17-10-15(28)7-8-16(17)24(34)35/h7-10,12,20H,11,13H2,1-6H3,(H2,29,30)(H,34,35). The van der Waals surface area contributed by atoms with E-state index in [4.69, 9.17) is 19.9 Å². The highest BCUT2D eigenvalue weighted by Crippen LogP contribution is 2.37. The van der Waals surface area contributed by atoms with Crippen LogP contribution in [-0.2, 0) is 18.3 Å². The predicted molar refractivity (Wildman–Crippen MR) is 138 cm³/mol. The van der Waals surface area contributed by atoms with Gasteiger partial charge < -0.3 is 30.0 Å². The summed E-state index contributed by atoms with van der Waals surface area (Å²) in [6.07, 6.45) is -0.614. The van der Waals surface area contributed by atoms with E-state index in [0.29, 0.717) is 16.8 Å². The second-order valence-electron chi connectivity index (χ2n) is 9.70. The minimum atomic E-state index is -1.49. The van der Waals surface area contributed by atoms with Crippen molar-refractivity contribution < 1.29 is 37.7 Å². The number of anilines is 1. The van der Waals surface area contributed by atoms with Gasteiger partial charge in [0.1, 0.15) is 18.1 Å². The number of halogens is 2. The number of amides is 1. The highest BCUT2D eigenvalue weighted by atomic mass is 19.1. The van der Waals surface area contributed by atoms with Crippen LogP contribution in [0.1, 0.15) is 48.5 Å². The number of nitrogens with two attached hydrogens (primary N) is 1. The summed E-state index contributed by atoms with van der Waals surface area (Å²) >= 11 is 0. The first-order valence-corrected chi connectivity index (χ1v) is 11.8. The Bertz CT molecular complexity index is 1370. The Balaban J connectivity index is 2.02. The molecule has 1 unspecified atom stereocenters.